The van der Waals surface area contributed by atoms with Crippen LogP contribution in [0.25, 0.3) is 0 Å². The lowest BCUT2D eigenvalue weighted by Gasteiger charge is -2.06. The summed E-state index contributed by atoms with van der Waals surface area (Å²) in [5.74, 6) is -0.344. The van der Waals surface area contributed by atoms with Crippen molar-refractivity contribution < 1.29 is 24.2 Å². The normalized spacial score (nSPS) is 9.53. The first-order valence-electron chi connectivity index (χ1n) is 4.98. The highest BCUT2D eigenvalue weighted by Gasteiger charge is 2.21. The van der Waals surface area contributed by atoms with E-state index in [-0.39, 0.29) is 12.4 Å². The van der Waals surface area contributed by atoms with Crippen molar-refractivity contribution in [3.8, 4) is 5.75 Å². The number of rotatable bonds is 5. The van der Waals surface area contributed by atoms with Crippen LogP contribution in [0, 0.1) is 20.2 Å². The van der Waals surface area contributed by atoms with Gasteiger partial charge in [-0.2, -0.15) is 5.48 Å². The molecular formula is C9H9N3O7. The minimum atomic E-state index is -0.935. The summed E-state index contributed by atoms with van der Waals surface area (Å²) in [6, 6.07) is 2.74. The van der Waals surface area contributed by atoms with E-state index in [1.54, 1.807) is 6.92 Å². The van der Waals surface area contributed by atoms with Crippen molar-refractivity contribution in [1.82, 2.24) is 5.48 Å². The van der Waals surface area contributed by atoms with Crippen LogP contribution in [-0.2, 0) is 4.74 Å². The van der Waals surface area contributed by atoms with Gasteiger partial charge in [0.15, 0.2) is 0 Å². The predicted molar refractivity (Wildman–Crippen MR) is 60.5 cm³/mol. The molecule has 0 aliphatic rings. The average molecular weight is 271 g/mol. The van der Waals surface area contributed by atoms with Gasteiger partial charge in [-0.1, -0.05) is 0 Å². The summed E-state index contributed by atoms with van der Waals surface area (Å²) in [7, 11) is 0. The lowest BCUT2D eigenvalue weighted by molar-refractivity contribution is -0.394. The number of hydrogen-bond donors (Lipinski definition) is 1. The number of carbonyl (C=O) groups is 1. The first kappa shape index (κ1) is 14.2. The van der Waals surface area contributed by atoms with E-state index in [4.69, 9.17) is 0 Å². The van der Waals surface area contributed by atoms with Crippen LogP contribution in [0.5, 0.6) is 5.75 Å². The van der Waals surface area contributed by atoms with Crippen molar-refractivity contribution in [3.05, 3.63) is 38.4 Å². The zero-order valence-corrected chi connectivity index (χ0v) is 9.69. The first-order valence-corrected chi connectivity index (χ1v) is 4.98. The maximum Gasteiger partial charge on any atom is 0.440 e. The van der Waals surface area contributed by atoms with Crippen molar-refractivity contribution in [2.75, 3.05) is 6.61 Å². The largest absolute Gasteiger partial charge is 0.448 e. The van der Waals surface area contributed by atoms with Crippen molar-refractivity contribution in [2.24, 2.45) is 0 Å². The second kappa shape index (κ2) is 6.14. The minimum absolute atomic E-state index is 0.0948. The smallest absolute Gasteiger partial charge is 0.440 e. The Kier molecular flexibility index (Phi) is 4.57. The number of non-ortho nitro benzene ring substituents is 1. The Labute approximate surface area is 106 Å². The zero-order valence-electron chi connectivity index (χ0n) is 9.69. The molecule has 10 nitrogen and oxygen atoms in total. The molecule has 0 saturated heterocycles. The van der Waals surface area contributed by atoms with E-state index in [1.807, 2.05) is 5.48 Å². The summed E-state index contributed by atoms with van der Waals surface area (Å²) >= 11 is 0. The molecule has 0 aliphatic heterocycles. The van der Waals surface area contributed by atoms with Gasteiger partial charge >= 0.3 is 11.8 Å². The number of nitro groups is 2. The molecule has 0 unspecified atom stereocenters. The summed E-state index contributed by atoms with van der Waals surface area (Å²) < 4.78 is 4.47. The first-order chi connectivity index (χ1) is 8.95. The lowest BCUT2D eigenvalue weighted by Crippen LogP contribution is -2.27. The molecule has 102 valence electrons. The van der Waals surface area contributed by atoms with Crippen LogP contribution < -0.4 is 10.3 Å². The van der Waals surface area contributed by atoms with Gasteiger partial charge in [-0.15, -0.1) is 0 Å². The third kappa shape index (κ3) is 3.80. The van der Waals surface area contributed by atoms with E-state index < -0.39 is 27.3 Å². The summed E-state index contributed by atoms with van der Waals surface area (Å²) in [5, 5.41) is 21.2. The minimum Gasteiger partial charge on any atom is -0.448 e. The summed E-state index contributed by atoms with van der Waals surface area (Å²) in [4.78, 5) is 35.2. The Morgan fingerprint density at radius 1 is 1.32 bits per heavy atom. The Morgan fingerprint density at radius 3 is 2.53 bits per heavy atom. The third-order valence-electron chi connectivity index (χ3n) is 1.87. The van der Waals surface area contributed by atoms with E-state index in [1.165, 1.54) is 0 Å². The topological polar surface area (TPSA) is 134 Å². The van der Waals surface area contributed by atoms with Crippen LogP contribution in [-0.4, -0.2) is 22.5 Å². The molecule has 1 rings (SSSR count). The Balaban J connectivity index is 2.91. The van der Waals surface area contributed by atoms with Crippen molar-refractivity contribution >= 4 is 17.5 Å². The molecule has 0 radical (unpaired) electrons. The molecular weight excluding hydrogens is 262 g/mol. The van der Waals surface area contributed by atoms with E-state index in [0.717, 1.165) is 18.2 Å². The molecule has 19 heavy (non-hydrogen) atoms. The molecule has 0 aromatic heterocycles. The Morgan fingerprint density at radius 2 is 2.00 bits per heavy atom. The molecule has 10 heteroatoms. The molecule has 0 bridgehead atoms. The van der Waals surface area contributed by atoms with Gasteiger partial charge in [0.2, 0.25) is 5.75 Å². The molecule has 0 atom stereocenters. The molecule has 0 fully saturated rings. The maximum atomic E-state index is 10.9. The number of hydroxylamine groups is 1. The second-order valence-corrected chi connectivity index (χ2v) is 3.09. The number of benzene rings is 1. The van der Waals surface area contributed by atoms with Gasteiger partial charge in [-0.05, 0) is 13.0 Å². The van der Waals surface area contributed by atoms with Crippen molar-refractivity contribution in [1.29, 1.82) is 0 Å². The number of nitro benzene ring substituents is 2. The fraction of sp³-hybridized carbons (Fsp3) is 0.222. The average Bonchev–Trinajstić information content (AvgIpc) is 2.36. The van der Waals surface area contributed by atoms with Gasteiger partial charge in [0.05, 0.1) is 22.5 Å². The summed E-state index contributed by atoms with van der Waals surface area (Å²) in [6.45, 7) is 1.66. The number of amides is 1. The maximum absolute atomic E-state index is 10.9. The van der Waals surface area contributed by atoms with Gasteiger partial charge in [-0.25, -0.2) is 4.79 Å². The number of nitrogens with zero attached hydrogens (tertiary/aromatic N) is 2. The van der Waals surface area contributed by atoms with Crippen LogP contribution in [0.3, 0.4) is 0 Å². The van der Waals surface area contributed by atoms with Gasteiger partial charge in [-0.3, -0.25) is 20.2 Å². The molecule has 1 amide bonds. The van der Waals surface area contributed by atoms with Crippen LogP contribution in [0.1, 0.15) is 6.92 Å². The van der Waals surface area contributed by atoms with Gasteiger partial charge in [0.25, 0.3) is 5.69 Å². The fourth-order valence-corrected chi connectivity index (χ4v) is 1.11. The van der Waals surface area contributed by atoms with Gasteiger partial charge in [0, 0.05) is 6.07 Å². The van der Waals surface area contributed by atoms with Crippen LogP contribution in [0.15, 0.2) is 18.2 Å². The molecule has 0 spiro atoms. The number of carbonyl (C=O) groups excluding carboxylic acids is 1. The Hall–Kier alpha value is -2.91. The number of ether oxygens (including phenoxy) is 1. The van der Waals surface area contributed by atoms with E-state index in [9.17, 15) is 25.0 Å². The van der Waals surface area contributed by atoms with E-state index >= 15 is 0 Å². The lowest BCUT2D eigenvalue weighted by atomic mass is 10.2. The second-order valence-electron chi connectivity index (χ2n) is 3.09. The molecule has 0 saturated carbocycles. The standard InChI is InChI=1S/C9H9N3O7/c1-2-18-9(13)10-19-8-4-3-6(11(14)15)5-7(8)12(16)17/h3-5H,2H2,1H3,(H,10,13). The summed E-state index contributed by atoms with van der Waals surface area (Å²) in [5.41, 5.74) is 0.698. The SMILES string of the molecule is CCOC(=O)NOc1ccc([N+](=O)[O-])cc1[N+](=O)[O-]. The molecule has 0 aliphatic carbocycles. The highest BCUT2D eigenvalue weighted by atomic mass is 16.7. The zero-order chi connectivity index (χ0) is 14.4. The molecule has 1 N–H and O–H groups in total. The molecule has 0 heterocycles. The van der Waals surface area contributed by atoms with E-state index in [2.05, 4.69) is 9.57 Å². The predicted octanol–water partition coefficient (Wildman–Crippen LogP) is 1.54. The third-order valence-corrected chi connectivity index (χ3v) is 1.87. The number of hydrogen-bond acceptors (Lipinski definition) is 7. The molecule has 1 aromatic rings. The van der Waals surface area contributed by atoms with Crippen molar-refractivity contribution in [3.63, 3.8) is 0 Å². The number of nitrogens with one attached hydrogen (secondary N) is 1. The fourth-order valence-electron chi connectivity index (χ4n) is 1.11. The summed E-state index contributed by atoms with van der Waals surface area (Å²) in [6.07, 6.45) is -0.935. The van der Waals surface area contributed by atoms with Gasteiger partial charge < -0.3 is 9.57 Å². The highest BCUT2D eigenvalue weighted by molar-refractivity contribution is 5.66. The Bertz CT molecular complexity index is 517. The van der Waals surface area contributed by atoms with Crippen LogP contribution in [0.4, 0.5) is 16.2 Å². The van der Waals surface area contributed by atoms with Crippen LogP contribution in [0.2, 0.25) is 0 Å². The highest BCUT2D eigenvalue weighted by Crippen LogP contribution is 2.30. The quantitative estimate of drug-likeness (QED) is 0.633. The monoisotopic (exact) mass is 271 g/mol. The van der Waals surface area contributed by atoms with E-state index in [0.29, 0.717) is 0 Å². The van der Waals surface area contributed by atoms with Gasteiger partial charge in [0.1, 0.15) is 0 Å². The molecule has 1 aromatic carbocycles. The van der Waals surface area contributed by atoms with Crippen molar-refractivity contribution in [2.45, 2.75) is 6.92 Å². The van der Waals surface area contributed by atoms with Crippen LogP contribution >= 0.6 is 0 Å².